The largest absolute Gasteiger partial charge is 0.463 e. The van der Waals surface area contributed by atoms with Gasteiger partial charge < -0.3 is 14.5 Å². The highest BCUT2D eigenvalue weighted by atomic mass is 16.6. The van der Waals surface area contributed by atoms with E-state index in [1.165, 1.54) is 6.26 Å². The van der Waals surface area contributed by atoms with E-state index in [-0.39, 0.29) is 12.0 Å². The smallest absolute Gasteiger partial charge is 0.414 e. The number of furan rings is 1. The van der Waals surface area contributed by atoms with Gasteiger partial charge in [0, 0.05) is 17.6 Å². The summed E-state index contributed by atoms with van der Waals surface area (Å²) < 4.78 is 10.3. The van der Waals surface area contributed by atoms with Crippen molar-refractivity contribution in [2.24, 2.45) is 0 Å². The highest BCUT2D eigenvalue weighted by Crippen LogP contribution is 2.21. The number of hydrogen-bond donors (Lipinski definition) is 1. The second kappa shape index (κ2) is 6.32. The van der Waals surface area contributed by atoms with Gasteiger partial charge in [0.05, 0.1) is 12.1 Å². The second-order valence-corrected chi connectivity index (χ2v) is 5.76. The van der Waals surface area contributed by atoms with Gasteiger partial charge in [0.2, 0.25) is 0 Å². The molecule has 1 fully saturated rings. The quantitative estimate of drug-likeness (QED) is 0.793. The van der Waals surface area contributed by atoms with Crippen LogP contribution in [0.15, 0.2) is 59.2 Å². The monoisotopic (exact) mass is 336 g/mol. The van der Waals surface area contributed by atoms with Crippen LogP contribution in [0.1, 0.15) is 15.9 Å². The van der Waals surface area contributed by atoms with Crippen molar-refractivity contribution < 1.29 is 18.7 Å². The summed E-state index contributed by atoms with van der Waals surface area (Å²) in [7, 11) is 0. The van der Waals surface area contributed by atoms with E-state index in [0.29, 0.717) is 30.8 Å². The van der Waals surface area contributed by atoms with E-state index >= 15 is 0 Å². The van der Waals surface area contributed by atoms with Crippen molar-refractivity contribution in [2.45, 2.75) is 6.54 Å². The second-order valence-electron chi connectivity index (χ2n) is 5.76. The summed E-state index contributed by atoms with van der Waals surface area (Å²) in [5.74, 6) is -0.183. The molecule has 0 atom stereocenters. The Kier molecular flexibility index (Phi) is 3.85. The average Bonchev–Trinajstić information content (AvgIpc) is 3.26. The molecule has 0 unspecified atom stereocenters. The fourth-order valence-electron chi connectivity index (χ4n) is 2.85. The Morgan fingerprint density at radius 1 is 1.12 bits per heavy atom. The molecular weight excluding hydrogens is 320 g/mol. The van der Waals surface area contributed by atoms with Crippen LogP contribution in [0.4, 0.5) is 10.5 Å². The van der Waals surface area contributed by atoms with Gasteiger partial charge >= 0.3 is 6.09 Å². The van der Waals surface area contributed by atoms with Crippen LogP contribution in [-0.4, -0.2) is 25.2 Å². The maximum atomic E-state index is 12.4. The van der Waals surface area contributed by atoms with Gasteiger partial charge in [0.15, 0.2) is 0 Å². The topological polar surface area (TPSA) is 71.8 Å². The first-order valence-electron chi connectivity index (χ1n) is 8.00. The summed E-state index contributed by atoms with van der Waals surface area (Å²) in [6.07, 6.45) is 1.15. The lowest BCUT2D eigenvalue weighted by atomic mass is 10.1. The Bertz CT molecular complexity index is 930. The van der Waals surface area contributed by atoms with Crippen LogP contribution in [0.3, 0.4) is 0 Å². The fraction of sp³-hybridized carbons (Fsp3) is 0.158. The zero-order chi connectivity index (χ0) is 17.2. The highest BCUT2D eigenvalue weighted by Gasteiger charge is 2.23. The summed E-state index contributed by atoms with van der Waals surface area (Å²) in [5.41, 5.74) is 2.94. The van der Waals surface area contributed by atoms with E-state index in [1.54, 1.807) is 4.90 Å². The molecule has 1 N–H and O–H groups in total. The Labute approximate surface area is 144 Å². The molecule has 0 aliphatic carbocycles. The van der Waals surface area contributed by atoms with Gasteiger partial charge in [0.1, 0.15) is 18.5 Å². The number of anilines is 1. The first kappa shape index (κ1) is 15.3. The predicted octanol–water partition coefficient (Wildman–Crippen LogP) is 3.32. The van der Waals surface area contributed by atoms with Crippen LogP contribution in [0.5, 0.6) is 0 Å². The maximum Gasteiger partial charge on any atom is 0.414 e. The van der Waals surface area contributed by atoms with Crippen molar-refractivity contribution in [1.29, 1.82) is 0 Å². The zero-order valence-electron chi connectivity index (χ0n) is 13.4. The van der Waals surface area contributed by atoms with E-state index in [2.05, 4.69) is 5.32 Å². The van der Waals surface area contributed by atoms with E-state index in [0.717, 1.165) is 16.6 Å². The normalized spacial score (nSPS) is 13.9. The molecule has 4 rings (SSSR count). The predicted molar refractivity (Wildman–Crippen MR) is 92.5 cm³/mol. The molecule has 25 heavy (non-hydrogen) atoms. The standard InChI is InChI=1S/C19H16N2O4/c22-18(16-12-25-17-4-2-1-3-15(16)17)20-11-13-5-7-14(8-6-13)21-9-10-24-19(21)23/h1-8,12H,9-11H2,(H,20,22). The van der Waals surface area contributed by atoms with E-state index < -0.39 is 0 Å². The number of fused-ring (bicyclic) bond motifs is 1. The number of hydrogen-bond acceptors (Lipinski definition) is 4. The van der Waals surface area contributed by atoms with Crippen molar-refractivity contribution in [3.05, 3.63) is 65.9 Å². The van der Waals surface area contributed by atoms with Crippen LogP contribution in [-0.2, 0) is 11.3 Å². The molecule has 6 nitrogen and oxygen atoms in total. The molecule has 1 saturated heterocycles. The van der Waals surface area contributed by atoms with E-state index in [1.807, 2.05) is 48.5 Å². The molecule has 0 saturated carbocycles. The van der Waals surface area contributed by atoms with Gasteiger partial charge in [-0.25, -0.2) is 4.79 Å². The molecular formula is C19H16N2O4. The lowest BCUT2D eigenvalue weighted by molar-refractivity contribution is 0.0951. The third-order valence-corrected chi connectivity index (χ3v) is 4.19. The number of rotatable bonds is 4. The molecule has 1 aromatic heterocycles. The van der Waals surface area contributed by atoms with Crippen LogP contribution in [0, 0.1) is 0 Å². The third-order valence-electron chi connectivity index (χ3n) is 4.19. The number of cyclic esters (lactones) is 1. The van der Waals surface area contributed by atoms with Gasteiger partial charge in [-0.05, 0) is 23.8 Å². The number of para-hydroxylation sites is 1. The van der Waals surface area contributed by atoms with Gasteiger partial charge in [-0.2, -0.15) is 0 Å². The highest BCUT2D eigenvalue weighted by molar-refractivity contribution is 6.05. The molecule has 2 heterocycles. The molecule has 6 heteroatoms. The van der Waals surface area contributed by atoms with Gasteiger partial charge in [0.25, 0.3) is 5.91 Å². The van der Waals surface area contributed by atoms with Gasteiger partial charge in [-0.15, -0.1) is 0 Å². The molecule has 0 radical (unpaired) electrons. The molecule has 0 spiro atoms. The van der Waals surface area contributed by atoms with Crippen LogP contribution in [0.2, 0.25) is 0 Å². The summed E-state index contributed by atoms with van der Waals surface area (Å²) in [6, 6.07) is 14.9. The Morgan fingerprint density at radius 2 is 1.92 bits per heavy atom. The van der Waals surface area contributed by atoms with E-state index in [9.17, 15) is 9.59 Å². The van der Waals surface area contributed by atoms with Crippen molar-refractivity contribution >= 4 is 28.7 Å². The number of benzene rings is 2. The first-order chi connectivity index (χ1) is 12.2. The summed E-state index contributed by atoms with van der Waals surface area (Å²) in [4.78, 5) is 25.5. The van der Waals surface area contributed by atoms with Crippen LogP contribution >= 0.6 is 0 Å². The van der Waals surface area contributed by atoms with E-state index in [4.69, 9.17) is 9.15 Å². The average molecular weight is 336 g/mol. The number of ether oxygens (including phenoxy) is 1. The lowest BCUT2D eigenvalue weighted by Gasteiger charge is -2.13. The third kappa shape index (κ3) is 2.94. The number of carbonyl (C=O) groups is 2. The Hall–Kier alpha value is -3.28. The van der Waals surface area contributed by atoms with Crippen molar-refractivity contribution in [3.63, 3.8) is 0 Å². The zero-order valence-corrected chi connectivity index (χ0v) is 13.4. The molecule has 0 bridgehead atoms. The molecule has 2 aromatic carbocycles. The molecule has 3 aromatic rings. The Morgan fingerprint density at radius 3 is 2.68 bits per heavy atom. The van der Waals surface area contributed by atoms with Crippen molar-refractivity contribution in [1.82, 2.24) is 5.32 Å². The molecule has 1 aliphatic rings. The minimum atomic E-state index is -0.326. The maximum absolute atomic E-state index is 12.4. The minimum absolute atomic E-state index is 0.183. The molecule has 2 amide bonds. The van der Waals surface area contributed by atoms with Gasteiger partial charge in [-0.1, -0.05) is 30.3 Å². The number of carbonyl (C=O) groups excluding carboxylic acids is 2. The molecule has 1 aliphatic heterocycles. The first-order valence-corrected chi connectivity index (χ1v) is 8.00. The fourth-order valence-corrected chi connectivity index (χ4v) is 2.85. The SMILES string of the molecule is O=C(NCc1ccc(N2CCOC2=O)cc1)c1coc2ccccc12. The van der Waals surface area contributed by atoms with Gasteiger partial charge in [-0.3, -0.25) is 9.69 Å². The number of amides is 2. The summed E-state index contributed by atoms with van der Waals surface area (Å²) in [5, 5.41) is 3.68. The molecule has 126 valence electrons. The lowest BCUT2D eigenvalue weighted by Crippen LogP contribution is -2.24. The number of nitrogens with zero attached hydrogens (tertiary/aromatic N) is 1. The summed E-state index contributed by atoms with van der Waals surface area (Å²) in [6.45, 7) is 1.36. The Balaban J connectivity index is 1.42. The number of nitrogens with one attached hydrogen (secondary N) is 1. The van der Waals surface area contributed by atoms with Crippen molar-refractivity contribution in [3.8, 4) is 0 Å². The minimum Gasteiger partial charge on any atom is -0.463 e. The van der Waals surface area contributed by atoms with Crippen molar-refractivity contribution in [2.75, 3.05) is 18.1 Å². The van der Waals surface area contributed by atoms with Crippen LogP contribution in [0.25, 0.3) is 11.0 Å². The summed E-state index contributed by atoms with van der Waals surface area (Å²) >= 11 is 0. The van der Waals surface area contributed by atoms with Crippen LogP contribution < -0.4 is 10.2 Å².